The van der Waals surface area contributed by atoms with Crippen molar-refractivity contribution in [2.45, 2.75) is 31.2 Å². The second-order valence-electron chi connectivity index (χ2n) is 4.89. The molecule has 2 rings (SSSR count). The van der Waals surface area contributed by atoms with Crippen LogP contribution in [0.2, 0.25) is 0 Å². The van der Waals surface area contributed by atoms with Crippen LogP contribution in [0.25, 0.3) is 0 Å². The number of carbonyl (C=O) groups is 1. The molecule has 5 nitrogen and oxygen atoms in total. The van der Waals surface area contributed by atoms with E-state index in [1.165, 1.54) is 0 Å². The van der Waals surface area contributed by atoms with E-state index in [4.69, 9.17) is 0 Å². The van der Waals surface area contributed by atoms with Crippen LogP contribution in [0.1, 0.15) is 25.7 Å². The van der Waals surface area contributed by atoms with Gasteiger partial charge in [0.1, 0.15) is 5.76 Å². The first-order chi connectivity index (χ1) is 9.15. The first-order valence-corrected chi connectivity index (χ1v) is 7.38. The molecule has 0 N–H and O–H groups in total. The molecule has 20 heavy (non-hydrogen) atoms. The molecule has 0 heterocycles. The van der Waals surface area contributed by atoms with E-state index in [0.717, 1.165) is 13.5 Å². The third kappa shape index (κ3) is 2.63. The van der Waals surface area contributed by atoms with Gasteiger partial charge in [0, 0.05) is 6.42 Å². The van der Waals surface area contributed by atoms with Gasteiger partial charge in [0.25, 0.3) is 0 Å². The number of alkyl halides is 3. The maximum Gasteiger partial charge on any atom is 0.534 e. The molecule has 0 saturated heterocycles. The molecule has 0 radical (unpaired) electrons. The molecule has 1 saturated carbocycles. The third-order valence-corrected chi connectivity index (χ3v) is 4.61. The summed E-state index contributed by atoms with van der Waals surface area (Å²) in [6.45, 7) is 0. The van der Waals surface area contributed by atoms with Gasteiger partial charge < -0.3 is 8.92 Å². The van der Waals surface area contributed by atoms with Gasteiger partial charge in [0.05, 0.1) is 12.7 Å². The lowest BCUT2D eigenvalue weighted by atomic mass is 9.87. The number of methoxy groups -OCH3 is 1. The first kappa shape index (κ1) is 15.1. The van der Waals surface area contributed by atoms with Crippen LogP contribution in [0.5, 0.6) is 0 Å². The molecular weight excluding hydrogens is 301 g/mol. The van der Waals surface area contributed by atoms with E-state index in [2.05, 4.69) is 8.92 Å². The van der Waals surface area contributed by atoms with Gasteiger partial charge in [-0.3, -0.25) is 0 Å². The van der Waals surface area contributed by atoms with E-state index in [9.17, 15) is 26.4 Å². The Morgan fingerprint density at radius 1 is 1.30 bits per heavy atom. The van der Waals surface area contributed by atoms with E-state index in [1.54, 1.807) is 0 Å². The van der Waals surface area contributed by atoms with Crippen molar-refractivity contribution < 1.29 is 35.3 Å². The maximum absolute atomic E-state index is 12.4. The summed E-state index contributed by atoms with van der Waals surface area (Å²) in [5.74, 6) is -1.50. The summed E-state index contributed by atoms with van der Waals surface area (Å²) in [6.07, 6.45) is 2.00. The minimum Gasteiger partial charge on any atom is -0.466 e. The Kier molecular flexibility index (Phi) is 3.74. The maximum atomic E-state index is 12.4. The highest BCUT2D eigenvalue weighted by Gasteiger charge is 2.50. The highest BCUT2D eigenvalue weighted by Crippen LogP contribution is 2.46. The number of allylic oxidation sites excluding steroid dienone is 1. The molecule has 2 aliphatic rings. The van der Waals surface area contributed by atoms with Crippen LogP contribution in [0.4, 0.5) is 13.2 Å². The van der Waals surface area contributed by atoms with Crippen LogP contribution in [0.3, 0.4) is 0 Å². The molecule has 0 aromatic heterocycles. The zero-order valence-electron chi connectivity index (χ0n) is 10.6. The Morgan fingerprint density at radius 2 is 1.95 bits per heavy atom. The van der Waals surface area contributed by atoms with E-state index < -0.39 is 27.4 Å². The van der Waals surface area contributed by atoms with E-state index in [1.807, 2.05) is 0 Å². The minimum absolute atomic E-state index is 0.0102. The molecule has 0 aromatic carbocycles. The lowest BCUT2D eigenvalue weighted by Crippen LogP contribution is -2.28. The average Bonchev–Trinajstić information content (AvgIpc) is 2.69. The Hall–Kier alpha value is -1.25. The second kappa shape index (κ2) is 4.94. The largest absolute Gasteiger partial charge is 0.534 e. The van der Waals surface area contributed by atoms with Crippen LogP contribution in [0.15, 0.2) is 11.3 Å². The Morgan fingerprint density at radius 3 is 2.50 bits per heavy atom. The summed E-state index contributed by atoms with van der Waals surface area (Å²) in [4.78, 5) is 11.7. The smallest absolute Gasteiger partial charge is 0.466 e. The van der Waals surface area contributed by atoms with Crippen LogP contribution in [0, 0.1) is 11.8 Å². The molecule has 0 aliphatic heterocycles. The summed E-state index contributed by atoms with van der Waals surface area (Å²) in [5.41, 5.74) is -5.59. The predicted molar refractivity (Wildman–Crippen MR) is 60.5 cm³/mol. The topological polar surface area (TPSA) is 69.7 Å². The van der Waals surface area contributed by atoms with Gasteiger partial charge in [0.2, 0.25) is 0 Å². The summed E-state index contributed by atoms with van der Waals surface area (Å²) in [5, 5.41) is 0. The number of ether oxygens (including phenoxy) is 1. The van der Waals surface area contributed by atoms with Crippen molar-refractivity contribution >= 4 is 16.1 Å². The van der Waals surface area contributed by atoms with Crippen LogP contribution < -0.4 is 0 Å². The van der Waals surface area contributed by atoms with Gasteiger partial charge in [0.15, 0.2) is 0 Å². The summed E-state index contributed by atoms with van der Waals surface area (Å²) in [7, 11) is -4.67. The molecule has 9 heteroatoms. The van der Waals surface area contributed by atoms with Gasteiger partial charge in [-0.1, -0.05) is 0 Å². The van der Waals surface area contributed by atoms with Gasteiger partial charge in [-0.15, -0.1) is 0 Å². The molecule has 2 aliphatic carbocycles. The molecule has 0 aromatic rings. The molecular formula is C11H13F3O5S. The van der Waals surface area contributed by atoms with Crippen LogP contribution in [-0.4, -0.2) is 27.0 Å². The zero-order valence-corrected chi connectivity index (χ0v) is 11.4. The zero-order chi connectivity index (χ0) is 15.1. The third-order valence-electron chi connectivity index (χ3n) is 3.62. The normalized spacial score (nSPS) is 26.6. The van der Waals surface area contributed by atoms with Crippen LogP contribution in [-0.2, 0) is 23.8 Å². The van der Waals surface area contributed by atoms with Crippen molar-refractivity contribution in [2.75, 3.05) is 7.11 Å². The number of halogens is 3. The van der Waals surface area contributed by atoms with Crippen molar-refractivity contribution in [1.29, 1.82) is 0 Å². The van der Waals surface area contributed by atoms with E-state index >= 15 is 0 Å². The van der Waals surface area contributed by atoms with Crippen LogP contribution >= 0.6 is 0 Å². The molecule has 114 valence electrons. The highest BCUT2D eigenvalue weighted by atomic mass is 32.2. The molecule has 2 unspecified atom stereocenters. The fourth-order valence-electron chi connectivity index (χ4n) is 2.77. The van der Waals surface area contributed by atoms with Crippen molar-refractivity contribution in [3.63, 3.8) is 0 Å². The van der Waals surface area contributed by atoms with Crippen molar-refractivity contribution in [3.05, 3.63) is 11.3 Å². The second-order valence-corrected chi connectivity index (χ2v) is 6.43. The Balaban J connectivity index is 2.38. The van der Waals surface area contributed by atoms with Gasteiger partial charge in [-0.2, -0.15) is 21.6 Å². The SMILES string of the molecule is COC(=O)C1=C(OS(=O)(=O)C(F)(F)F)CC2CCC1C2. The van der Waals surface area contributed by atoms with E-state index in [-0.39, 0.29) is 23.8 Å². The quantitative estimate of drug-likeness (QED) is 0.453. The van der Waals surface area contributed by atoms with Crippen molar-refractivity contribution in [2.24, 2.45) is 11.8 Å². The standard InChI is InChI=1S/C11H13F3O5S/c1-18-10(15)9-7-3-2-6(4-7)5-8(9)19-20(16,17)11(12,13)14/h6-7H,2-5H2,1H3. The average molecular weight is 314 g/mol. The Bertz CT molecular complexity index is 549. The Labute approximate surface area is 113 Å². The highest BCUT2D eigenvalue weighted by molar-refractivity contribution is 7.87. The summed E-state index contributed by atoms with van der Waals surface area (Å²) in [6, 6.07) is 0. The van der Waals surface area contributed by atoms with Gasteiger partial charge >= 0.3 is 21.6 Å². The first-order valence-electron chi connectivity index (χ1n) is 5.98. The fourth-order valence-corrected chi connectivity index (χ4v) is 3.29. The predicted octanol–water partition coefficient (Wildman–Crippen LogP) is 2.10. The summed E-state index contributed by atoms with van der Waals surface area (Å²) >= 11 is 0. The minimum atomic E-state index is -5.76. The number of rotatable bonds is 3. The molecule has 1 fully saturated rings. The monoisotopic (exact) mass is 314 g/mol. The molecule has 0 spiro atoms. The molecule has 0 amide bonds. The van der Waals surface area contributed by atoms with Gasteiger partial charge in [-0.05, 0) is 31.1 Å². The van der Waals surface area contributed by atoms with E-state index in [0.29, 0.717) is 12.8 Å². The number of fused-ring (bicyclic) bond motifs is 2. The van der Waals surface area contributed by atoms with Crippen molar-refractivity contribution in [3.8, 4) is 0 Å². The lowest BCUT2D eigenvalue weighted by Gasteiger charge is -2.24. The lowest BCUT2D eigenvalue weighted by molar-refractivity contribution is -0.137. The molecule has 2 atom stereocenters. The number of esters is 1. The molecule has 2 bridgehead atoms. The number of hydrogen-bond acceptors (Lipinski definition) is 5. The van der Waals surface area contributed by atoms with Crippen molar-refractivity contribution in [1.82, 2.24) is 0 Å². The number of hydrogen-bond donors (Lipinski definition) is 0. The summed E-state index contributed by atoms with van der Waals surface area (Å²) < 4.78 is 67.9. The number of carbonyl (C=O) groups excluding carboxylic acids is 1. The van der Waals surface area contributed by atoms with Gasteiger partial charge in [-0.25, -0.2) is 4.79 Å². The fraction of sp³-hybridized carbons (Fsp3) is 0.727.